The van der Waals surface area contributed by atoms with Crippen LogP contribution in [0.4, 0.5) is 13.2 Å². The minimum atomic E-state index is -4.16. The minimum Gasteiger partial charge on any atom is -0.313 e. The first kappa shape index (κ1) is 17.9. The predicted octanol–water partition coefficient (Wildman–Crippen LogP) is 2.18. The molecular weight excluding hydrogens is 305 g/mol. The summed E-state index contributed by atoms with van der Waals surface area (Å²) in [5, 5.41) is 3.03. The lowest BCUT2D eigenvalue weighted by molar-refractivity contribution is 0.153. The maximum Gasteiger partial charge on any atom is 0.251 e. The average Bonchev–Trinajstić information content (AvgIpc) is 2.40. The Morgan fingerprint density at radius 3 is 2.52 bits per heavy atom. The van der Waals surface area contributed by atoms with Crippen LogP contribution in [0.1, 0.15) is 24.5 Å². The van der Waals surface area contributed by atoms with Crippen LogP contribution < -0.4 is 10.0 Å². The van der Waals surface area contributed by atoms with Crippen LogP contribution in [-0.2, 0) is 16.6 Å². The summed E-state index contributed by atoms with van der Waals surface area (Å²) < 4.78 is 63.8. The number of sulfonamides is 1. The maximum atomic E-state index is 13.8. The minimum absolute atomic E-state index is 0.0870. The van der Waals surface area contributed by atoms with Crippen molar-refractivity contribution in [1.82, 2.24) is 10.0 Å². The Balaban J connectivity index is 3.04. The predicted molar refractivity (Wildman–Crippen MR) is 74.3 cm³/mol. The van der Waals surface area contributed by atoms with E-state index < -0.39 is 28.8 Å². The van der Waals surface area contributed by atoms with Crippen LogP contribution in [0.25, 0.3) is 0 Å². The molecule has 0 amide bonds. The van der Waals surface area contributed by atoms with E-state index in [1.54, 1.807) is 4.72 Å². The molecule has 0 saturated carbocycles. The molecule has 0 unspecified atom stereocenters. The Hall–Kier alpha value is -1.12. The molecule has 0 atom stereocenters. The van der Waals surface area contributed by atoms with E-state index in [0.29, 0.717) is 18.7 Å². The van der Waals surface area contributed by atoms with Gasteiger partial charge in [-0.2, -0.15) is 0 Å². The zero-order valence-electron chi connectivity index (χ0n) is 11.9. The van der Waals surface area contributed by atoms with Crippen molar-refractivity contribution in [3.8, 4) is 0 Å². The maximum absolute atomic E-state index is 13.8. The lowest BCUT2D eigenvalue weighted by atomic mass is 10.1. The summed E-state index contributed by atoms with van der Waals surface area (Å²) in [6.07, 6.45) is -1.92. The highest BCUT2D eigenvalue weighted by Crippen LogP contribution is 2.20. The van der Waals surface area contributed by atoms with Crippen molar-refractivity contribution in [2.45, 2.75) is 38.1 Å². The molecule has 0 aliphatic carbocycles. The Morgan fingerprint density at radius 2 is 1.95 bits per heavy atom. The van der Waals surface area contributed by atoms with Crippen molar-refractivity contribution in [2.24, 2.45) is 0 Å². The molecule has 0 aliphatic rings. The second-order valence-corrected chi connectivity index (χ2v) is 6.36. The molecule has 0 saturated heterocycles. The first-order chi connectivity index (χ1) is 9.77. The summed E-state index contributed by atoms with van der Waals surface area (Å²) in [7, 11) is -4.16. The molecule has 4 nitrogen and oxygen atoms in total. The molecule has 1 aromatic carbocycles. The van der Waals surface area contributed by atoms with E-state index in [1.807, 2.05) is 6.92 Å². The summed E-state index contributed by atoms with van der Waals surface area (Å²) in [5.74, 6) is -0.678. The van der Waals surface area contributed by atoms with Gasteiger partial charge >= 0.3 is 0 Å². The molecule has 1 rings (SSSR count). The van der Waals surface area contributed by atoms with Gasteiger partial charge in [-0.3, -0.25) is 0 Å². The van der Waals surface area contributed by atoms with Gasteiger partial charge in [0.05, 0.1) is 11.4 Å². The van der Waals surface area contributed by atoms with E-state index in [-0.39, 0.29) is 10.5 Å². The van der Waals surface area contributed by atoms with Crippen LogP contribution >= 0.6 is 0 Å². The largest absolute Gasteiger partial charge is 0.313 e. The van der Waals surface area contributed by atoms with Crippen molar-refractivity contribution in [2.75, 3.05) is 13.1 Å². The van der Waals surface area contributed by atoms with Crippen LogP contribution in [0.3, 0.4) is 0 Å². The highest BCUT2D eigenvalue weighted by molar-refractivity contribution is 7.89. The molecule has 0 fully saturated rings. The molecule has 120 valence electrons. The van der Waals surface area contributed by atoms with Crippen molar-refractivity contribution >= 4 is 10.0 Å². The third-order valence-electron chi connectivity index (χ3n) is 2.83. The topological polar surface area (TPSA) is 58.2 Å². The SMILES string of the molecule is CCCNCc1cc(F)c(C)c(S(=O)(=O)NCC(F)F)c1. The molecule has 0 radical (unpaired) electrons. The Morgan fingerprint density at radius 1 is 1.29 bits per heavy atom. The van der Waals surface area contributed by atoms with Crippen LogP contribution in [0.5, 0.6) is 0 Å². The van der Waals surface area contributed by atoms with E-state index in [0.717, 1.165) is 6.42 Å². The monoisotopic (exact) mass is 324 g/mol. The molecule has 0 aromatic heterocycles. The average molecular weight is 324 g/mol. The smallest absolute Gasteiger partial charge is 0.251 e. The van der Waals surface area contributed by atoms with Crippen molar-refractivity contribution in [3.05, 3.63) is 29.1 Å². The van der Waals surface area contributed by atoms with Crippen LogP contribution in [0.15, 0.2) is 17.0 Å². The van der Waals surface area contributed by atoms with Gasteiger partial charge < -0.3 is 5.32 Å². The third-order valence-corrected chi connectivity index (χ3v) is 4.38. The molecule has 0 heterocycles. The highest BCUT2D eigenvalue weighted by Gasteiger charge is 2.21. The summed E-state index contributed by atoms with van der Waals surface area (Å²) in [6, 6.07) is 2.54. The number of hydrogen-bond acceptors (Lipinski definition) is 3. The third kappa shape index (κ3) is 5.29. The number of hydrogen-bond donors (Lipinski definition) is 2. The van der Waals surface area contributed by atoms with E-state index in [2.05, 4.69) is 5.32 Å². The van der Waals surface area contributed by atoms with Crippen LogP contribution in [0, 0.1) is 12.7 Å². The van der Waals surface area contributed by atoms with Gasteiger partial charge in [-0.1, -0.05) is 6.92 Å². The normalized spacial score (nSPS) is 12.1. The highest BCUT2D eigenvalue weighted by atomic mass is 32.2. The Labute approximate surface area is 122 Å². The molecule has 0 spiro atoms. The molecule has 8 heteroatoms. The van der Waals surface area contributed by atoms with Gasteiger partial charge in [0.25, 0.3) is 6.43 Å². The van der Waals surface area contributed by atoms with Crippen molar-refractivity contribution < 1.29 is 21.6 Å². The van der Waals surface area contributed by atoms with E-state index in [1.165, 1.54) is 19.1 Å². The zero-order chi connectivity index (χ0) is 16.0. The van der Waals surface area contributed by atoms with Gasteiger partial charge in [-0.25, -0.2) is 26.3 Å². The van der Waals surface area contributed by atoms with Crippen molar-refractivity contribution in [1.29, 1.82) is 0 Å². The number of alkyl halides is 2. The molecular formula is C13H19F3N2O2S. The van der Waals surface area contributed by atoms with Gasteiger partial charge in [0.2, 0.25) is 10.0 Å². The molecule has 21 heavy (non-hydrogen) atoms. The lowest BCUT2D eigenvalue weighted by Crippen LogP contribution is -2.29. The summed E-state index contributed by atoms with van der Waals surface area (Å²) in [4.78, 5) is -0.309. The first-order valence-corrected chi connectivity index (χ1v) is 8.03. The standard InChI is InChI=1S/C13H19F3N2O2S/c1-3-4-17-7-10-5-11(14)9(2)12(6-10)21(19,20)18-8-13(15)16/h5-6,13,17-18H,3-4,7-8H2,1-2H3. The van der Waals surface area contributed by atoms with E-state index >= 15 is 0 Å². The van der Waals surface area contributed by atoms with Crippen LogP contribution in [-0.4, -0.2) is 27.9 Å². The summed E-state index contributed by atoms with van der Waals surface area (Å²) >= 11 is 0. The lowest BCUT2D eigenvalue weighted by Gasteiger charge is -2.12. The molecule has 0 bridgehead atoms. The van der Waals surface area contributed by atoms with Gasteiger partial charge in [0.15, 0.2) is 0 Å². The number of halogens is 3. The van der Waals surface area contributed by atoms with Gasteiger partial charge in [0, 0.05) is 12.1 Å². The summed E-state index contributed by atoms with van der Waals surface area (Å²) in [6.45, 7) is 3.29. The fraction of sp³-hybridized carbons (Fsp3) is 0.538. The second kappa shape index (κ2) is 7.77. The second-order valence-electron chi connectivity index (χ2n) is 4.62. The zero-order valence-corrected chi connectivity index (χ0v) is 12.7. The summed E-state index contributed by atoms with van der Waals surface area (Å²) in [5.41, 5.74) is 0.361. The van der Waals surface area contributed by atoms with E-state index in [4.69, 9.17) is 0 Å². The van der Waals surface area contributed by atoms with Gasteiger partial charge in [-0.15, -0.1) is 0 Å². The van der Waals surface area contributed by atoms with Gasteiger partial charge in [-0.05, 0) is 37.6 Å². The fourth-order valence-electron chi connectivity index (χ4n) is 1.75. The van der Waals surface area contributed by atoms with Crippen molar-refractivity contribution in [3.63, 3.8) is 0 Å². The number of rotatable bonds is 8. The van der Waals surface area contributed by atoms with Crippen LogP contribution in [0.2, 0.25) is 0 Å². The number of nitrogens with one attached hydrogen (secondary N) is 2. The number of benzene rings is 1. The molecule has 2 N–H and O–H groups in total. The first-order valence-electron chi connectivity index (χ1n) is 6.55. The Bertz CT molecular complexity index is 577. The fourth-order valence-corrected chi connectivity index (χ4v) is 3.06. The Kier molecular flexibility index (Phi) is 6.63. The van der Waals surface area contributed by atoms with Gasteiger partial charge in [0.1, 0.15) is 5.82 Å². The molecule has 1 aromatic rings. The molecule has 0 aliphatic heterocycles. The quantitative estimate of drug-likeness (QED) is 0.721. The van der Waals surface area contributed by atoms with E-state index in [9.17, 15) is 21.6 Å².